The maximum Gasteiger partial charge on any atom is 0.416 e. The van der Waals surface area contributed by atoms with E-state index in [0.29, 0.717) is 12.2 Å². The van der Waals surface area contributed by atoms with Gasteiger partial charge in [0, 0.05) is 12.6 Å². The van der Waals surface area contributed by atoms with Crippen molar-refractivity contribution in [1.29, 1.82) is 0 Å². The van der Waals surface area contributed by atoms with Crippen LogP contribution in [0.4, 0.5) is 13.2 Å². The van der Waals surface area contributed by atoms with E-state index in [9.17, 15) is 13.2 Å². The Labute approximate surface area is 97.6 Å². The lowest BCUT2D eigenvalue weighted by molar-refractivity contribution is -0.137. The monoisotopic (exact) mass is 245 g/mol. The Bertz CT molecular complexity index is 374. The summed E-state index contributed by atoms with van der Waals surface area (Å²) in [5.41, 5.74) is 5.95. The molecule has 0 amide bonds. The number of ether oxygens (including phenoxy) is 1. The van der Waals surface area contributed by atoms with Crippen LogP contribution < -0.4 is 5.73 Å². The minimum absolute atomic E-state index is 0.138. The van der Waals surface area contributed by atoms with Gasteiger partial charge in [-0.3, -0.25) is 0 Å². The van der Waals surface area contributed by atoms with Gasteiger partial charge in [-0.1, -0.05) is 12.1 Å². The smallest absolute Gasteiger partial charge is 0.372 e. The molecule has 0 aliphatic carbocycles. The number of halogens is 3. The van der Waals surface area contributed by atoms with Crippen molar-refractivity contribution >= 4 is 0 Å². The summed E-state index contributed by atoms with van der Waals surface area (Å²) in [6.45, 7) is 0.611. The van der Waals surface area contributed by atoms with Crippen molar-refractivity contribution in [2.45, 2.75) is 31.2 Å². The van der Waals surface area contributed by atoms with Crippen molar-refractivity contribution in [3.63, 3.8) is 0 Å². The molecule has 2 nitrogen and oxygen atoms in total. The largest absolute Gasteiger partial charge is 0.416 e. The third kappa shape index (κ3) is 2.79. The number of benzene rings is 1. The quantitative estimate of drug-likeness (QED) is 0.825. The van der Waals surface area contributed by atoms with Crippen molar-refractivity contribution in [3.05, 3.63) is 35.4 Å². The van der Waals surface area contributed by atoms with Crippen molar-refractivity contribution < 1.29 is 17.9 Å². The molecule has 1 heterocycles. The van der Waals surface area contributed by atoms with E-state index < -0.39 is 11.7 Å². The van der Waals surface area contributed by atoms with Gasteiger partial charge in [0.2, 0.25) is 0 Å². The fourth-order valence-corrected chi connectivity index (χ4v) is 2.01. The van der Waals surface area contributed by atoms with Crippen LogP contribution in [0.3, 0.4) is 0 Å². The molecule has 1 aliphatic heterocycles. The van der Waals surface area contributed by atoms with Crippen molar-refractivity contribution in [1.82, 2.24) is 0 Å². The fourth-order valence-electron chi connectivity index (χ4n) is 2.01. The Morgan fingerprint density at radius 1 is 1.18 bits per heavy atom. The first-order chi connectivity index (χ1) is 7.98. The molecule has 1 aromatic carbocycles. The van der Waals surface area contributed by atoms with Crippen LogP contribution in [0.5, 0.6) is 0 Å². The van der Waals surface area contributed by atoms with Crippen LogP contribution in [0.25, 0.3) is 0 Å². The predicted molar refractivity (Wildman–Crippen MR) is 57.3 cm³/mol. The van der Waals surface area contributed by atoms with E-state index in [2.05, 4.69) is 0 Å². The summed E-state index contributed by atoms with van der Waals surface area (Å²) in [4.78, 5) is 0. The minimum Gasteiger partial charge on any atom is -0.372 e. The topological polar surface area (TPSA) is 35.2 Å². The van der Waals surface area contributed by atoms with Crippen LogP contribution in [0.15, 0.2) is 24.3 Å². The molecule has 0 bridgehead atoms. The average molecular weight is 245 g/mol. The Kier molecular flexibility index (Phi) is 3.40. The first-order valence-electron chi connectivity index (χ1n) is 5.53. The van der Waals surface area contributed by atoms with Crippen LogP contribution in [0, 0.1) is 0 Å². The molecule has 1 aliphatic rings. The highest BCUT2D eigenvalue weighted by molar-refractivity contribution is 5.27. The first-order valence-corrected chi connectivity index (χ1v) is 5.53. The average Bonchev–Trinajstić information content (AvgIpc) is 2.29. The summed E-state index contributed by atoms with van der Waals surface area (Å²) in [5, 5.41) is 0. The highest BCUT2D eigenvalue weighted by Crippen LogP contribution is 2.32. The van der Waals surface area contributed by atoms with E-state index in [4.69, 9.17) is 10.5 Å². The molecule has 0 spiro atoms. The lowest BCUT2D eigenvalue weighted by Gasteiger charge is -2.29. The van der Waals surface area contributed by atoms with Gasteiger partial charge in [0.25, 0.3) is 0 Å². The summed E-state index contributed by atoms with van der Waals surface area (Å²) in [5.74, 6) is 0. The second kappa shape index (κ2) is 4.66. The van der Waals surface area contributed by atoms with Gasteiger partial charge in [0.1, 0.15) is 0 Å². The van der Waals surface area contributed by atoms with Crippen molar-refractivity contribution in [2.24, 2.45) is 5.73 Å². The molecular formula is C12H14F3NO. The van der Waals surface area contributed by atoms with E-state index in [1.165, 1.54) is 12.1 Å². The normalized spacial score (nSPS) is 25.9. The highest BCUT2D eigenvalue weighted by Gasteiger charge is 2.31. The third-order valence-corrected chi connectivity index (χ3v) is 2.93. The number of hydrogen-bond donors (Lipinski definition) is 1. The Balaban J connectivity index is 2.17. The molecule has 1 fully saturated rings. The molecule has 0 saturated carbocycles. The molecule has 2 unspecified atom stereocenters. The van der Waals surface area contributed by atoms with Crippen LogP contribution in [0.2, 0.25) is 0 Å². The van der Waals surface area contributed by atoms with Gasteiger partial charge < -0.3 is 10.5 Å². The summed E-state index contributed by atoms with van der Waals surface area (Å²) < 4.78 is 42.6. The third-order valence-electron chi connectivity index (χ3n) is 2.93. The molecule has 0 aromatic heterocycles. The Morgan fingerprint density at radius 3 is 2.35 bits per heavy atom. The number of alkyl halides is 3. The zero-order valence-corrected chi connectivity index (χ0v) is 9.20. The lowest BCUT2D eigenvalue weighted by atomic mass is 9.96. The predicted octanol–water partition coefficient (Wildman–Crippen LogP) is 2.88. The summed E-state index contributed by atoms with van der Waals surface area (Å²) in [6.07, 6.45) is -2.84. The SMILES string of the molecule is NC1CCCOC1c1ccc(C(F)(F)F)cc1. The van der Waals surface area contributed by atoms with E-state index in [1.807, 2.05) is 0 Å². The maximum absolute atomic E-state index is 12.4. The first kappa shape index (κ1) is 12.4. The number of hydrogen-bond acceptors (Lipinski definition) is 2. The van der Waals surface area contributed by atoms with Crippen LogP contribution in [0.1, 0.15) is 30.1 Å². The van der Waals surface area contributed by atoms with Crippen LogP contribution >= 0.6 is 0 Å². The van der Waals surface area contributed by atoms with E-state index in [0.717, 1.165) is 25.0 Å². The summed E-state index contributed by atoms with van der Waals surface area (Å²) >= 11 is 0. The standard InChI is InChI=1S/C12H14F3NO/c13-12(14,15)9-5-3-8(4-6-9)11-10(16)2-1-7-17-11/h3-6,10-11H,1-2,7,16H2. The van der Waals surface area contributed by atoms with Crippen LogP contribution in [-0.4, -0.2) is 12.6 Å². The zero-order valence-electron chi connectivity index (χ0n) is 9.20. The molecule has 1 saturated heterocycles. The second-order valence-electron chi connectivity index (χ2n) is 4.22. The molecular weight excluding hydrogens is 231 g/mol. The van der Waals surface area contributed by atoms with Gasteiger partial charge in [-0.05, 0) is 30.5 Å². The van der Waals surface area contributed by atoms with Gasteiger partial charge in [-0.15, -0.1) is 0 Å². The number of rotatable bonds is 1. The van der Waals surface area contributed by atoms with Crippen molar-refractivity contribution in [2.75, 3.05) is 6.61 Å². The van der Waals surface area contributed by atoms with Gasteiger partial charge in [0.15, 0.2) is 0 Å². The molecule has 5 heteroatoms. The summed E-state index contributed by atoms with van der Waals surface area (Å²) in [6, 6.07) is 4.89. The molecule has 2 N–H and O–H groups in total. The van der Waals surface area contributed by atoms with Crippen molar-refractivity contribution in [3.8, 4) is 0 Å². The molecule has 17 heavy (non-hydrogen) atoms. The Morgan fingerprint density at radius 2 is 1.82 bits per heavy atom. The molecule has 2 atom stereocenters. The van der Waals surface area contributed by atoms with Gasteiger partial charge >= 0.3 is 6.18 Å². The lowest BCUT2D eigenvalue weighted by Crippen LogP contribution is -2.34. The zero-order chi connectivity index (χ0) is 12.5. The minimum atomic E-state index is -4.30. The van der Waals surface area contributed by atoms with E-state index in [-0.39, 0.29) is 12.1 Å². The molecule has 1 aromatic rings. The van der Waals surface area contributed by atoms with E-state index in [1.54, 1.807) is 0 Å². The van der Waals surface area contributed by atoms with E-state index >= 15 is 0 Å². The molecule has 94 valence electrons. The van der Waals surface area contributed by atoms with Crippen LogP contribution in [-0.2, 0) is 10.9 Å². The number of nitrogens with two attached hydrogens (primary N) is 1. The maximum atomic E-state index is 12.4. The van der Waals surface area contributed by atoms with Gasteiger partial charge in [0.05, 0.1) is 11.7 Å². The molecule has 0 radical (unpaired) electrons. The second-order valence-corrected chi connectivity index (χ2v) is 4.22. The molecule has 2 rings (SSSR count). The summed E-state index contributed by atoms with van der Waals surface area (Å²) in [7, 11) is 0. The highest BCUT2D eigenvalue weighted by atomic mass is 19.4. The fraction of sp³-hybridized carbons (Fsp3) is 0.500. The van der Waals surface area contributed by atoms with Gasteiger partial charge in [-0.25, -0.2) is 0 Å². The van der Waals surface area contributed by atoms with Gasteiger partial charge in [-0.2, -0.15) is 13.2 Å². The Hall–Kier alpha value is -1.07.